The van der Waals surface area contributed by atoms with Gasteiger partial charge in [-0.3, -0.25) is 9.36 Å². The average molecular weight is 315 g/mol. The van der Waals surface area contributed by atoms with Crippen molar-refractivity contribution in [3.8, 4) is 0 Å². The average Bonchev–Trinajstić information content (AvgIpc) is 2.44. The van der Waals surface area contributed by atoms with Crippen LogP contribution in [0.4, 0.5) is 0 Å². The lowest BCUT2D eigenvalue weighted by molar-refractivity contribution is 0.189. The molecule has 0 unspecified atom stereocenters. The maximum absolute atomic E-state index is 12.6. The van der Waals surface area contributed by atoms with Crippen molar-refractivity contribution in [3.05, 3.63) is 38.4 Å². The standard InChI is InChI=1S/C14H16Cl2N2O2/c1-3-11-17-13-10(16)6-5-9(15)12(13)14(19)18(11)7-4-8-20-2/h5-6H,3-4,7-8H2,1-2H3. The van der Waals surface area contributed by atoms with Crippen molar-refractivity contribution >= 4 is 34.1 Å². The Labute approximate surface area is 127 Å². The van der Waals surface area contributed by atoms with E-state index >= 15 is 0 Å². The zero-order valence-electron chi connectivity index (χ0n) is 11.4. The second-order valence-electron chi connectivity index (χ2n) is 4.44. The van der Waals surface area contributed by atoms with Crippen LogP contribution in [0.1, 0.15) is 19.2 Å². The SMILES string of the molecule is CCc1nc2c(Cl)ccc(Cl)c2c(=O)n1CCCOC. The molecule has 0 aliphatic carbocycles. The van der Waals surface area contributed by atoms with Crippen molar-refractivity contribution in [3.63, 3.8) is 0 Å². The minimum atomic E-state index is -0.143. The zero-order valence-corrected chi connectivity index (χ0v) is 13.0. The van der Waals surface area contributed by atoms with Crippen LogP contribution in [0.25, 0.3) is 10.9 Å². The third-order valence-corrected chi connectivity index (χ3v) is 3.76. The quantitative estimate of drug-likeness (QED) is 0.795. The third kappa shape index (κ3) is 2.82. The molecule has 6 heteroatoms. The van der Waals surface area contributed by atoms with Gasteiger partial charge in [-0.25, -0.2) is 4.98 Å². The zero-order chi connectivity index (χ0) is 14.7. The summed E-state index contributed by atoms with van der Waals surface area (Å²) in [5.41, 5.74) is 0.333. The lowest BCUT2D eigenvalue weighted by Crippen LogP contribution is -2.26. The fourth-order valence-corrected chi connectivity index (χ4v) is 2.60. The Hall–Kier alpha value is -1.10. The molecule has 2 aromatic rings. The van der Waals surface area contributed by atoms with E-state index < -0.39 is 0 Å². The summed E-state index contributed by atoms with van der Waals surface area (Å²) in [5, 5.41) is 1.21. The van der Waals surface area contributed by atoms with Gasteiger partial charge in [-0.15, -0.1) is 0 Å². The van der Waals surface area contributed by atoms with Gasteiger partial charge < -0.3 is 4.74 Å². The van der Waals surface area contributed by atoms with Gasteiger partial charge in [-0.1, -0.05) is 30.1 Å². The highest BCUT2D eigenvalue weighted by molar-refractivity contribution is 6.39. The molecule has 0 atom stereocenters. The molecular weight excluding hydrogens is 299 g/mol. The van der Waals surface area contributed by atoms with Gasteiger partial charge in [-0.05, 0) is 18.6 Å². The fraction of sp³-hybridized carbons (Fsp3) is 0.429. The second-order valence-corrected chi connectivity index (χ2v) is 5.25. The number of aryl methyl sites for hydroxylation is 1. The smallest absolute Gasteiger partial charge is 0.262 e. The van der Waals surface area contributed by atoms with E-state index in [1.54, 1.807) is 23.8 Å². The highest BCUT2D eigenvalue weighted by Crippen LogP contribution is 2.26. The van der Waals surface area contributed by atoms with E-state index in [1.165, 1.54) is 0 Å². The van der Waals surface area contributed by atoms with Crippen molar-refractivity contribution in [1.82, 2.24) is 9.55 Å². The maximum atomic E-state index is 12.6. The van der Waals surface area contributed by atoms with Gasteiger partial charge in [0.1, 0.15) is 5.82 Å². The summed E-state index contributed by atoms with van der Waals surface area (Å²) in [4.78, 5) is 17.1. The molecule has 0 spiro atoms. The topological polar surface area (TPSA) is 44.1 Å². The van der Waals surface area contributed by atoms with Crippen LogP contribution in [0.3, 0.4) is 0 Å². The van der Waals surface area contributed by atoms with Crippen molar-refractivity contribution in [1.29, 1.82) is 0 Å². The van der Waals surface area contributed by atoms with Gasteiger partial charge in [0.2, 0.25) is 0 Å². The highest BCUT2D eigenvalue weighted by atomic mass is 35.5. The minimum absolute atomic E-state index is 0.143. The van der Waals surface area contributed by atoms with E-state index in [1.807, 2.05) is 6.92 Å². The summed E-state index contributed by atoms with van der Waals surface area (Å²) >= 11 is 12.2. The number of rotatable bonds is 5. The number of aromatic nitrogens is 2. The molecule has 0 N–H and O–H groups in total. The van der Waals surface area contributed by atoms with Crippen LogP contribution in [-0.2, 0) is 17.7 Å². The molecule has 0 aliphatic heterocycles. The molecule has 0 amide bonds. The van der Waals surface area contributed by atoms with Crippen LogP contribution in [-0.4, -0.2) is 23.3 Å². The first-order valence-corrected chi connectivity index (χ1v) is 7.22. The molecule has 0 bridgehead atoms. The molecule has 1 heterocycles. The first kappa shape index (κ1) is 15.3. The number of nitrogens with zero attached hydrogens (tertiary/aromatic N) is 2. The number of hydrogen-bond acceptors (Lipinski definition) is 3. The van der Waals surface area contributed by atoms with Crippen LogP contribution < -0.4 is 5.56 Å². The maximum Gasteiger partial charge on any atom is 0.262 e. The number of methoxy groups -OCH3 is 1. The van der Waals surface area contributed by atoms with Gasteiger partial charge in [0.25, 0.3) is 5.56 Å². The van der Waals surface area contributed by atoms with E-state index in [9.17, 15) is 4.79 Å². The van der Waals surface area contributed by atoms with Crippen LogP contribution in [0.5, 0.6) is 0 Å². The molecule has 4 nitrogen and oxygen atoms in total. The lowest BCUT2D eigenvalue weighted by atomic mass is 10.2. The lowest BCUT2D eigenvalue weighted by Gasteiger charge is -2.13. The van der Waals surface area contributed by atoms with E-state index in [4.69, 9.17) is 27.9 Å². The summed E-state index contributed by atoms with van der Waals surface area (Å²) in [5.74, 6) is 0.711. The Balaban J connectivity index is 2.65. The Kier molecular flexibility index (Phi) is 5.02. The van der Waals surface area contributed by atoms with Crippen molar-refractivity contribution in [2.75, 3.05) is 13.7 Å². The Morgan fingerprint density at radius 1 is 1.30 bits per heavy atom. The highest BCUT2D eigenvalue weighted by Gasteiger charge is 2.14. The summed E-state index contributed by atoms with van der Waals surface area (Å²) in [6.07, 6.45) is 1.40. The van der Waals surface area contributed by atoms with Crippen molar-refractivity contribution in [2.45, 2.75) is 26.3 Å². The van der Waals surface area contributed by atoms with Crippen LogP contribution in [0.2, 0.25) is 10.0 Å². The number of hydrogen-bond donors (Lipinski definition) is 0. The monoisotopic (exact) mass is 314 g/mol. The molecule has 20 heavy (non-hydrogen) atoms. The molecule has 2 rings (SSSR count). The molecule has 0 radical (unpaired) electrons. The Morgan fingerprint density at radius 2 is 2.00 bits per heavy atom. The molecule has 1 aromatic heterocycles. The number of ether oxygens (including phenoxy) is 1. The van der Waals surface area contributed by atoms with Gasteiger partial charge in [0, 0.05) is 26.7 Å². The summed E-state index contributed by atoms with van der Waals surface area (Å²) in [6.45, 7) is 3.11. The first-order valence-electron chi connectivity index (χ1n) is 6.46. The third-order valence-electron chi connectivity index (χ3n) is 3.14. The molecule has 1 aromatic carbocycles. The van der Waals surface area contributed by atoms with Crippen molar-refractivity contribution < 1.29 is 4.74 Å². The summed E-state index contributed by atoms with van der Waals surface area (Å²) in [6, 6.07) is 3.29. The predicted octanol–water partition coefficient (Wildman–Crippen LogP) is 3.30. The summed E-state index contributed by atoms with van der Waals surface area (Å²) in [7, 11) is 1.64. The molecule has 0 aliphatic rings. The molecule has 108 valence electrons. The largest absolute Gasteiger partial charge is 0.385 e. The van der Waals surface area contributed by atoms with E-state index in [2.05, 4.69) is 4.98 Å². The van der Waals surface area contributed by atoms with Gasteiger partial charge >= 0.3 is 0 Å². The van der Waals surface area contributed by atoms with Crippen LogP contribution >= 0.6 is 23.2 Å². The van der Waals surface area contributed by atoms with Crippen molar-refractivity contribution in [2.24, 2.45) is 0 Å². The molecule has 0 fully saturated rings. The number of halogens is 2. The van der Waals surface area contributed by atoms with E-state index in [0.717, 1.165) is 6.42 Å². The Bertz CT molecular complexity index is 683. The molecule has 0 saturated heterocycles. The first-order chi connectivity index (χ1) is 9.60. The summed E-state index contributed by atoms with van der Waals surface area (Å²) < 4.78 is 6.68. The van der Waals surface area contributed by atoms with Gasteiger partial charge in [0.05, 0.1) is 20.9 Å². The second kappa shape index (κ2) is 6.57. The van der Waals surface area contributed by atoms with E-state index in [0.29, 0.717) is 46.3 Å². The molecular formula is C14H16Cl2N2O2. The normalized spacial score (nSPS) is 11.2. The predicted molar refractivity (Wildman–Crippen MR) is 81.9 cm³/mol. The minimum Gasteiger partial charge on any atom is -0.385 e. The van der Waals surface area contributed by atoms with Gasteiger partial charge in [0.15, 0.2) is 0 Å². The fourth-order valence-electron chi connectivity index (χ4n) is 2.16. The Morgan fingerprint density at radius 3 is 2.65 bits per heavy atom. The van der Waals surface area contributed by atoms with E-state index in [-0.39, 0.29) is 5.56 Å². The van der Waals surface area contributed by atoms with Crippen LogP contribution in [0, 0.1) is 0 Å². The van der Waals surface area contributed by atoms with Crippen LogP contribution in [0.15, 0.2) is 16.9 Å². The number of fused-ring (bicyclic) bond motifs is 1. The molecule has 0 saturated carbocycles. The number of benzene rings is 1. The van der Waals surface area contributed by atoms with Gasteiger partial charge in [-0.2, -0.15) is 0 Å².